The van der Waals surface area contributed by atoms with Crippen molar-refractivity contribution in [2.75, 3.05) is 5.32 Å². The second-order valence-electron chi connectivity index (χ2n) is 8.69. The minimum absolute atomic E-state index is 0.0684. The van der Waals surface area contributed by atoms with E-state index in [1.807, 2.05) is 19.9 Å². The Labute approximate surface area is 220 Å². The smallest absolute Gasteiger partial charge is 0.356 e. The van der Waals surface area contributed by atoms with Gasteiger partial charge in [0, 0.05) is 25.0 Å². The molecule has 38 heavy (non-hydrogen) atoms. The van der Waals surface area contributed by atoms with Crippen LogP contribution >= 0.6 is 11.6 Å². The van der Waals surface area contributed by atoms with E-state index in [1.165, 1.54) is 23.0 Å². The van der Waals surface area contributed by atoms with E-state index in [4.69, 9.17) is 21.1 Å². The molecule has 0 aliphatic carbocycles. The maximum atomic E-state index is 13.4. The highest BCUT2D eigenvalue weighted by atomic mass is 35.5. The number of anilines is 1. The van der Waals surface area contributed by atoms with E-state index < -0.39 is 12.0 Å². The lowest BCUT2D eigenvalue weighted by molar-refractivity contribution is 0.0691. The second-order valence-corrected chi connectivity index (χ2v) is 9.08. The van der Waals surface area contributed by atoms with Gasteiger partial charge < -0.3 is 14.9 Å². The molecule has 1 atom stereocenters. The molecule has 12 nitrogen and oxygen atoms in total. The van der Waals surface area contributed by atoms with Gasteiger partial charge in [-0.25, -0.2) is 24.7 Å². The van der Waals surface area contributed by atoms with E-state index in [-0.39, 0.29) is 33.8 Å². The van der Waals surface area contributed by atoms with Gasteiger partial charge in [0.25, 0.3) is 11.4 Å². The highest BCUT2D eigenvalue weighted by Gasteiger charge is 2.20. The topological polar surface area (TPSA) is 162 Å². The third-order valence-electron chi connectivity index (χ3n) is 5.89. The zero-order valence-electron chi connectivity index (χ0n) is 20.7. The van der Waals surface area contributed by atoms with E-state index in [2.05, 4.69) is 30.4 Å². The highest BCUT2D eigenvalue weighted by molar-refractivity contribution is 6.29. The number of aryl methyl sites for hydroxylation is 2. The lowest BCUT2D eigenvalue weighted by Gasteiger charge is -2.20. The zero-order valence-corrected chi connectivity index (χ0v) is 21.5. The van der Waals surface area contributed by atoms with Crippen molar-refractivity contribution in [3.63, 3.8) is 0 Å². The second kappa shape index (κ2) is 9.63. The van der Waals surface area contributed by atoms with Crippen molar-refractivity contribution in [1.29, 1.82) is 0 Å². The van der Waals surface area contributed by atoms with Crippen LogP contribution in [0.2, 0.25) is 5.15 Å². The first-order valence-corrected chi connectivity index (χ1v) is 11.8. The molecular weight excluding hydrogens is 512 g/mol. The molecule has 4 aromatic heterocycles. The Hall–Kier alpha value is -4.71. The summed E-state index contributed by atoms with van der Waals surface area (Å²) >= 11 is 5.90. The first-order valence-electron chi connectivity index (χ1n) is 11.4. The van der Waals surface area contributed by atoms with E-state index in [0.29, 0.717) is 33.7 Å². The molecule has 192 valence electrons. The molecule has 0 saturated carbocycles. The van der Waals surface area contributed by atoms with Crippen LogP contribution in [0, 0.1) is 13.8 Å². The third kappa shape index (κ3) is 4.57. The van der Waals surface area contributed by atoms with Crippen LogP contribution in [0.4, 0.5) is 5.69 Å². The molecule has 0 aliphatic heterocycles. The molecule has 5 aromatic rings. The maximum Gasteiger partial charge on any atom is 0.356 e. The van der Waals surface area contributed by atoms with Crippen LogP contribution in [0.3, 0.4) is 0 Å². The van der Waals surface area contributed by atoms with Crippen LogP contribution in [-0.4, -0.2) is 45.7 Å². The predicted molar refractivity (Wildman–Crippen MR) is 139 cm³/mol. The molecule has 2 N–H and O–H groups in total. The van der Waals surface area contributed by atoms with Gasteiger partial charge in [-0.05, 0) is 44.5 Å². The fourth-order valence-corrected chi connectivity index (χ4v) is 4.26. The SMILES string of the molecule is Cc1cc([C@@H](C)Nc2ccc(Cl)nc2C(=O)O)c2nc(-c3cnc(-c4nc(C)no4)nc3)n(C)c(=O)c2c1. The number of nitrogens with one attached hydrogen (secondary N) is 1. The Balaban J connectivity index is 1.60. The fraction of sp³-hybridized carbons (Fsp3) is 0.200. The molecule has 0 radical (unpaired) electrons. The van der Waals surface area contributed by atoms with E-state index >= 15 is 0 Å². The van der Waals surface area contributed by atoms with Gasteiger partial charge in [0.2, 0.25) is 5.82 Å². The molecule has 0 spiro atoms. The molecule has 0 amide bonds. The first-order chi connectivity index (χ1) is 18.1. The summed E-state index contributed by atoms with van der Waals surface area (Å²) in [6.45, 7) is 5.41. The van der Waals surface area contributed by atoms with Crippen molar-refractivity contribution >= 4 is 34.2 Å². The summed E-state index contributed by atoms with van der Waals surface area (Å²) in [4.78, 5) is 46.6. The Bertz CT molecular complexity index is 1760. The number of benzene rings is 1. The van der Waals surface area contributed by atoms with Gasteiger partial charge in [-0.15, -0.1) is 0 Å². The van der Waals surface area contributed by atoms with Gasteiger partial charge in [-0.2, -0.15) is 4.98 Å². The Morgan fingerprint density at radius 1 is 1.13 bits per heavy atom. The summed E-state index contributed by atoms with van der Waals surface area (Å²) in [5, 5.41) is 17.0. The third-order valence-corrected chi connectivity index (χ3v) is 6.10. The van der Waals surface area contributed by atoms with Gasteiger partial charge >= 0.3 is 5.97 Å². The number of hydrogen-bond donors (Lipinski definition) is 2. The van der Waals surface area contributed by atoms with Crippen LogP contribution < -0.4 is 10.9 Å². The summed E-state index contributed by atoms with van der Waals surface area (Å²) in [7, 11) is 1.63. The molecule has 5 rings (SSSR count). The van der Waals surface area contributed by atoms with Crippen molar-refractivity contribution in [3.8, 4) is 23.1 Å². The minimum Gasteiger partial charge on any atom is -0.476 e. The van der Waals surface area contributed by atoms with Crippen LogP contribution in [0.1, 0.15) is 40.4 Å². The number of aromatic carboxylic acids is 1. The van der Waals surface area contributed by atoms with Crippen LogP contribution in [0.25, 0.3) is 34.0 Å². The molecule has 0 saturated heterocycles. The number of carboxylic acid groups (broad SMARTS) is 1. The average Bonchev–Trinajstić information content (AvgIpc) is 3.33. The molecule has 0 unspecified atom stereocenters. The van der Waals surface area contributed by atoms with Gasteiger partial charge in [0.15, 0.2) is 11.5 Å². The number of hydrogen-bond acceptors (Lipinski definition) is 10. The summed E-state index contributed by atoms with van der Waals surface area (Å²) in [6.07, 6.45) is 3.06. The van der Waals surface area contributed by atoms with E-state index in [9.17, 15) is 14.7 Å². The Kier molecular flexibility index (Phi) is 6.33. The van der Waals surface area contributed by atoms with Crippen molar-refractivity contribution in [3.05, 3.63) is 74.8 Å². The van der Waals surface area contributed by atoms with E-state index in [1.54, 1.807) is 26.1 Å². The number of fused-ring (bicyclic) bond motifs is 1. The summed E-state index contributed by atoms with van der Waals surface area (Å²) < 4.78 is 6.55. The fourth-order valence-electron chi connectivity index (χ4n) is 4.11. The minimum atomic E-state index is -1.22. The number of carboxylic acids is 1. The maximum absolute atomic E-state index is 13.4. The van der Waals surface area contributed by atoms with Crippen molar-refractivity contribution in [1.82, 2.24) is 34.6 Å². The average molecular weight is 533 g/mol. The summed E-state index contributed by atoms with van der Waals surface area (Å²) in [6, 6.07) is 6.29. The normalized spacial score (nSPS) is 12.0. The van der Waals surface area contributed by atoms with Crippen LogP contribution in [-0.2, 0) is 7.05 Å². The molecule has 0 aliphatic rings. The van der Waals surface area contributed by atoms with Crippen LogP contribution in [0.15, 0.2) is 46.0 Å². The number of aromatic nitrogens is 7. The largest absolute Gasteiger partial charge is 0.476 e. The number of nitrogens with zero attached hydrogens (tertiary/aromatic N) is 7. The van der Waals surface area contributed by atoms with Crippen molar-refractivity contribution in [2.45, 2.75) is 26.8 Å². The molecule has 1 aromatic carbocycles. The van der Waals surface area contributed by atoms with Crippen molar-refractivity contribution < 1.29 is 14.4 Å². The molecule has 13 heteroatoms. The molecule has 0 bridgehead atoms. The summed E-state index contributed by atoms with van der Waals surface area (Å²) in [5.41, 5.74) is 2.34. The predicted octanol–water partition coefficient (Wildman–Crippen LogP) is 3.98. The quantitative estimate of drug-likeness (QED) is 0.304. The Morgan fingerprint density at radius 3 is 2.53 bits per heavy atom. The van der Waals surface area contributed by atoms with Gasteiger partial charge in [-0.1, -0.05) is 22.8 Å². The molecule has 4 heterocycles. The van der Waals surface area contributed by atoms with Gasteiger partial charge in [-0.3, -0.25) is 9.36 Å². The van der Waals surface area contributed by atoms with Crippen LogP contribution in [0.5, 0.6) is 0 Å². The van der Waals surface area contributed by atoms with E-state index in [0.717, 1.165) is 5.56 Å². The number of halogens is 1. The number of rotatable bonds is 6. The van der Waals surface area contributed by atoms with Gasteiger partial charge in [0.05, 0.1) is 28.2 Å². The molecular formula is C25H21ClN8O4. The number of carbonyl (C=O) groups is 1. The van der Waals surface area contributed by atoms with Gasteiger partial charge in [0.1, 0.15) is 11.0 Å². The monoisotopic (exact) mass is 532 g/mol. The summed E-state index contributed by atoms with van der Waals surface area (Å²) in [5.74, 6) is 0.0309. The lowest BCUT2D eigenvalue weighted by Crippen LogP contribution is -2.22. The standard InChI is InChI=1S/C25H21ClN8O4/c1-11-7-15(12(2)29-17-5-6-18(26)31-20(17)25(36)37)19-16(8-11)24(35)34(4)22(32-19)14-9-27-21(28-10-14)23-30-13(3)33-38-23/h5-10,12,29H,1-4H3,(H,36,37)/t12-/m1/s1. The Morgan fingerprint density at radius 2 is 1.87 bits per heavy atom. The number of pyridine rings is 1. The highest BCUT2D eigenvalue weighted by Crippen LogP contribution is 2.29. The lowest BCUT2D eigenvalue weighted by atomic mass is 10.0. The molecule has 0 fully saturated rings. The zero-order chi connectivity index (χ0) is 27.1. The van der Waals surface area contributed by atoms with Crippen molar-refractivity contribution in [2.24, 2.45) is 7.05 Å². The first kappa shape index (κ1) is 25.0.